The second-order valence-corrected chi connectivity index (χ2v) is 3.64. The van der Waals surface area contributed by atoms with Crippen molar-refractivity contribution >= 4 is 0 Å². The van der Waals surface area contributed by atoms with Gasteiger partial charge in [0.2, 0.25) is 0 Å². The van der Waals surface area contributed by atoms with Crippen LogP contribution in [-0.4, -0.2) is 36.2 Å². The van der Waals surface area contributed by atoms with E-state index in [9.17, 15) is 4.39 Å². The summed E-state index contributed by atoms with van der Waals surface area (Å²) in [7, 11) is 0. The fourth-order valence-electron chi connectivity index (χ4n) is 2.22. The SMILES string of the molecule is OCC(F)=C1CN2CCC1CC2. The Hall–Kier alpha value is -0.410. The average Bonchev–Trinajstić information content (AvgIpc) is 2.18. The Balaban J connectivity index is 2.18. The van der Waals surface area contributed by atoms with Crippen LogP contribution in [0.15, 0.2) is 11.4 Å². The highest BCUT2D eigenvalue weighted by molar-refractivity contribution is 5.18. The van der Waals surface area contributed by atoms with E-state index in [4.69, 9.17) is 5.11 Å². The Labute approximate surface area is 71.7 Å². The molecule has 12 heavy (non-hydrogen) atoms. The monoisotopic (exact) mass is 171 g/mol. The van der Waals surface area contributed by atoms with E-state index in [2.05, 4.69) is 4.90 Å². The Kier molecular flexibility index (Phi) is 2.15. The smallest absolute Gasteiger partial charge is 0.126 e. The minimum absolute atomic E-state index is 0.288. The molecule has 0 spiro atoms. The van der Waals surface area contributed by atoms with Crippen LogP contribution in [0.2, 0.25) is 0 Å². The first kappa shape index (κ1) is 8.20. The second-order valence-electron chi connectivity index (χ2n) is 3.64. The molecular weight excluding hydrogens is 157 g/mol. The largest absolute Gasteiger partial charge is 0.389 e. The van der Waals surface area contributed by atoms with Gasteiger partial charge >= 0.3 is 0 Å². The molecule has 0 aromatic rings. The third-order valence-corrected chi connectivity index (χ3v) is 2.96. The van der Waals surface area contributed by atoms with Gasteiger partial charge in [-0.25, -0.2) is 4.39 Å². The standard InChI is InChI=1S/C9H14FNO/c10-9(6-12)8-5-11-3-1-7(8)2-4-11/h7,12H,1-6H2. The van der Waals surface area contributed by atoms with Crippen LogP contribution in [0, 0.1) is 5.92 Å². The van der Waals surface area contributed by atoms with Crippen molar-refractivity contribution in [2.75, 3.05) is 26.2 Å². The van der Waals surface area contributed by atoms with E-state index >= 15 is 0 Å². The van der Waals surface area contributed by atoms with E-state index in [-0.39, 0.29) is 5.83 Å². The van der Waals surface area contributed by atoms with Crippen LogP contribution in [0.5, 0.6) is 0 Å². The Bertz CT molecular complexity index is 207. The molecule has 3 heteroatoms. The van der Waals surface area contributed by atoms with Gasteiger partial charge in [-0.3, -0.25) is 4.90 Å². The third kappa shape index (κ3) is 1.27. The molecule has 0 radical (unpaired) electrons. The first-order valence-electron chi connectivity index (χ1n) is 4.52. The second kappa shape index (κ2) is 3.15. The maximum atomic E-state index is 13.1. The normalized spacial score (nSPS) is 38.5. The summed E-state index contributed by atoms with van der Waals surface area (Å²) in [6.07, 6.45) is 2.14. The number of aliphatic hydroxyl groups is 1. The molecule has 1 N–H and O–H groups in total. The molecule has 2 bridgehead atoms. The van der Waals surface area contributed by atoms with Gasteiger partial charge in [-0.1, -0.05) is 0 Å². The lowest BCUT2D eigenvalue weighted by Gasteiger charge is -2.41. The first-order valence-corrected chi connectivity index (χ1v) is 4.52. The minimum Gasteiger partial charge on any atom is -0.389 e. The summed E-state index contributed by atoms with van der Waals surface area (Å²) < 4.78 is 13.1. The lowest BCUT2D eigenvalue weighted by atomic mass is 9.83. The summed E-state index contributed by atoms with van der Waals surface area (Å²) in [4.78, 5) is 2.25. The molecule has 3 aliphatic rings. The van der Waals surface area contributed by atoms with Crippen molar-refractivity contribution in [1.82, 2.24) is 4.90 Å². The van der Waals surface area contributed by atoms with Crippen molar-refractivity contribution in [2.24, 2.45) is 5.92 Å². The van der Waals surface area contributed by atoms with Crippen LogP contribution in [0.25, 0.3) is 0 Å². The van der Waals surface area contributed by atoms with Crippen molar-refractivity contribution in [3.8, 4) is 0 Å². The summed E-state index contributed by atoms with van der Waals surface area (Å²) >= 11 is 0. The van der Waals surface area contributed by atoms with Gasteiger partial charge in [0.25, 0.3) is 0 Å². The van der Waals surface area contributed by atoms with E-state index in [1.807, 2.05) is 0 Å². The van der Waals surface area contributed by atoms with Gasteiger partial charge in [0, 0.05) is 6.54 Å². The van der Waals surface area contributed by atoms with E-state index in [0.29, 0.717) is 5.92 Å². The number of hydrogen-bond acceptors (Lipinski definition) is 2. The molecule has 2 nitrogen and oxygen atoms in total. The summed E-state index contributed by atoms with van der Waals surface area (Å²) in [6.45, 7) is 2.54. The molecule has 3 heterocycles. The molecule has 3 fully saturated rings. The molecule has 3 aliphatic heterocycles. The maximum Gasteiger partial charge on any atom is 0.126 e. The van der Waals surface area contributed by atoms with Gasteiger partial charge in [0.05, 0.1) is 6.61 Å². The zero-order valence-corrected chi connectivity index (χ0v) is 7.09. The quantitative estimate of drug-likeness (QED) is 0.634. The summed E-state index contributed by atoms with van der Waals surface area (Å²) in [5.41, 5.74) is 0.856. The number of halogens is 1. The van der Waals surface area contributed by atoms with Crippen LogP contribution in [0.3, 0.4) is 0 Å². The van der Waals surface area contributed by atoms with Gasteiger partial charge in [-0.15, -0.1) is 0 Å². The van der Waals surface area contributed by atoms with E-state index in [1.54, 1.807) is 0 Å². The summed E-state index contributed by atoms with van der Waals surface area (Å²) in [5, 5.41) is 8.66. The highest BCUT2D eigenvalue weighted by Gasteiger charge is 2.31. The molecule has 0 unspecified atom stereocenters. The molecule has 0 aromatic heterocycles. The predicted molar refractivity (Wildman–Crippen MR) is 44.4 cm³/mol. The molecule has 68 valence electrons. The summed E-state index contributed by atoms with van der Waals surface area (Å²) in [6, 6.07) is 0. The van der Waals surface area contributed by atoms with Gasteiger partial charge in [0.15, 0.2) is 0 Å². The lowest BCUT2D eigenvalue weighted by molar-refractivity contribution is 0.153. The minimum atomic E-state index is -0.417. The Morgan fingerprint density at radius 1 is 1.50 bits per heavy atom. The molecular formula is C9H14FNO. The van der Waals surface area contributed by atoms with Crippen molar-refractivity contribution < 1.29 is 9.50 Å². The number of nitrogens with zero attached hydrogens (tertiary/aromatic N) is 1. The molecule has 3 rings (SSSR count). The Morgan fingerprint density at radius 2 is 2.17 bits per heavy atom. The number of piperidine rings is 3. The first-order chi connectivity index (χ1) is 5.81. The third-order valence-electron chi connectivity index (χ3n) is 2.96. The average molecular weight is 171 g/mol. The van der Waals surface area contributed by atoms with Crippen LogP contribution >= 0.6 is 0 Å². The fourth-order valence-corrected chi connectivity index (χ4v) is 2.22. The van der Waals surface area contributed by atoms with Crippen molar-refractivity contribution in [1.29, 1.82) is 0 Å². The van der Waals surface area contributed by atoms with E-state index in [0.717, 1.165) is 38.0 Å². The van der Waals surface area contributed by atoms with E-state index in [1.165, 1.54) is 0 Å². The number of hydrogen-bond donors (Lipinski definition) is 1. The van der Waals surface area contributed by atoms with Gasteiger partial charge < -0.3 is 5.11 Å². The summed E-state index contributed by atoms with van der Waals surface area (Å²) in [5.74, 6) is 0.131. The molecule has 0 atom stereocenters. The van der Waals surface area contributed by atoms with Crippen molar-refractivity contribution in [3.05, 3.63) is 11.4 Å². The van der Waals surface area contributed by atoms with Gasteiger partial charge in [0.1, 0.15) is 5.83 Å². The van der Waals surface area contributed by atoms with Crippen LogP contribution in [-0.2, 0) is 0 Å². The van der Waals surface area contributed by atoms with Gasteiger partial charge in [-0.05, 0) is 37.4 Å². The lowest BCUT2D eigenvalue weighted by Crippen LogP contribution is -2.43. The molecule has 0 aliphatic carbocycles. The fraction of sp³-hybridized carbons (Fsp3) is 0.778. The highest BCUT2D eigenvalue weighted by Crippen LogP contribution is 2.33. The number of fused-ring (bicyclic) bond motifs is 3. The van der Waals surface area contributed by atoms with Gasteiger partial charge in [-0.2, -0.15) is 0 Å². The van der Waals surface area contributed by atoms with Crippen LogP contribution < -0.4 is 0 Å². The number of rotatable bonds is 1. The number of aliphatic hydroxyl groups excluding tert-OH is 1. The molecule has 0 amide bonds. The van der Waals surface area contributed by atoms with E-state index < -0.39 is 6.61 Å². The molecule has 0 saturated carbocycles. The molecule has 0 aromatic carbocycles. The predicted octanol–water partition coefficient (Wildman–Crippen LogP) is 0.928. The van der Waals surface area contributed by atoms with Crippen LogP contribution in [0.4, 0.5) is 4.39 Å². The zero-order valence-electron chi connectivity index (χ0n) is 7.09. The van der Waals surface area contributed by atoms with Crippen molar-refractivity contribution in [3.63, 3.8) is 0 Å². The molecule has 3 saturated heterocycles. The zero-order chi connectivity index (χ0) is 8.55. The maximum absolute atomic E-state index is 13.1. The van der Waals surface area contributed by atoms with Crippen LogP contribution in [0.1, 0.15) is 12.8 Å². The Morgan fingerprint density at radius 3 is 2.58 bits per heavy atom. The topological polar surface area (TPSA) is 23.5 Å². The highest BCUT2D eigenvalue weighted by atomic mass is 19.1. The van der Waals surface area contributed by atoms with Crippen molar-refractivity contribution in [2.45, 2.75) is 12.8 Å².